The molecule has 15 nitrogen and oxygen atoms in total. The SMILES string of the molecule is CC.CC.CCC(C)=O.CN(C)C(=O)c1cc2cnc(Nc3ccc(CN4CCC5(CC4)CN(c4cccc6c4C4(CC4)C(=O)N6)C5)cn3)nc2n1C1CCCC1.O=C1CCCC(=O)N1. The highest BCUT2D eigenvalue weighted by atomic mass is 16.2. The summed E-state index contributed by atoms with van der Waals surface area (Å²) in [7, 11) is 3.58. The number of Topliss-reactive ketones (excluding diaryl/α,β-unsaturated/α-hetero) is 1. The van der Waals surface area contributed by atoms with Crippen molar-refractivity contribution in [3.8, 4) is 0 Å². The van der Waals surface area contributed by atoms with E-state index >= 15 is 0 Å². The molecular weight excluding hydrogens is 821 g/mol. The van der Waals surface area contributed by atoms with Crippen molar-refractivity contribution in [2.24, 2.45) is 5.41 Å². The Balaban J connectivity index is 0.000000353. The number of carbonyl (C=O) groups is 5. The molecular formula is C50H70N10O5. The van der Waals surface area contributed by atoms with Crippen molar-refractivity contribution in [1.82, 2.24) is 34.6 Å². The monoisotopic (exact) mass is 891 g/mol. The molecule has 4 aliphatic heterocycles. The van der Waals surface area contributed by atoms with Gasteiger partial charge in [-0.3, -0.25) is 29.4 Å². The molecule has 0 radical (unpaired) electrons. The van der Waals surface area contributed by atoms with Gasteiger partial charge in [0.05, 0.1) is 5.41 Å². The van der Waals surface area contributed by atoms with Crippen molar-refractivity contribution in [3.63, 3.8) is 0 Å². The number of nitrogens with one attached hydrogen (secondary N) is 3. The quantitative estimate of drug-likeness (QED) is 0.145. The van der Waals surface area contributed by atoms with Crippen molar-refractivity contribution in [3.05, 3.63) is 65.6 Å². The third-order valence-corrected chi connectivity index (χ3v) is 13.2. The summed E-state index contributed by atoms with van der Waals surface area (Å²) in [6.07, 6.45) is 14.9. The van der Waals surface area contributed by atoms with Crippen LogP contribution in [0, 0.1) is 5.41 Å². The standard InChI is InChI=1S/C37H43N9O2.C5H7NO2.C4H8O.2C2H6/c1-43(2)33(47)29-18-25-20-39-35(42-32(25)46(29)26-6-3-4-7-26)41-30-11-10-24(19-38-30)21-44-16-14-36(15-17-44)22-45(23-36)28-9-5-8-27-31(28)37(12-13-37)34(48)40-27;7-4-2-1-3-5(8)6-4;1-3-4(2)5;2*1-2/h5,8-11,18-20,26H,3-4,6-7,12-17,21-23H2,1-2H3,(H,40,48)(H,38,39,41,42);1-3H2,(H,6,7,8);3H2,1-2H3;2*1-2H3. The second kappa shape index (κ2) is 21.5. The average molecular weight is 891 g/mol. The van der Waals surface area contributed by atoms with E-state index in [1.807, 2.05) is 52.9 Å². The summed E-state index contributed by atoms with van der Waals surface area (Å²) in [6.45, 7) is 16.6. The molecule has 4 amide bonds. The molecule has 0 atom stereocenters. The molecule has 0 unspecified atom stereocenters. The minimum Gasteiger partial charge on any atom is -0.370 e. The van der Waals surface area contributed by atoms with Crippen LogP contribution >= 0.6 is 0 Å². The average Bonchev–Trinajstić information content (AvgIpc) is 3.60. The lowest BCUT2D eigenvalue weighted by molar-refractivity contribution is -0.133. The molecule has 3 saturated heterocycles. The van der Waals surface area contributed by atoms with Gasteiger partial charge in [-0.1, -0.05) is 59.6 Å². The van der Waals surface area contributed by atoms with Crippen LogP contribution in [0.25, 0.3) is 11.0 Å². The molecule has 5 fully saturated rings. The van der Waals surface area contributed by atoms with E-state index in [1.54, 1.807) is 32.1 Å². The number of anilines is 4. The van der Waals surface area contributed by atoms with E-state index in [-0.39, 0.29) is 40.9 Å². The maximum absolute atomic E-state index is 13.0. The predicted molar refractivity (Wildman–Crippen MR) is 256 cm³/mol. The van der Waals surface area contributed by atoms with Gasteiger partial charge in [-0.2, -0.15) is 4.98 Å². The molecule has 0 bridgehead atoms. The number of hydrogen-bond acceptors (Lipinski definition) is 11. The summed E-state index contributed by atoms with van der Waals surface area (Å²) in [5.74, 6) is 1.34. The molecule has 7 heterocycles. The molecule has 3 aromatic heterocycles. The maximum atomic E-state index is 13.0. The zero-order chi connectivity index (χ0) is 46.9. The highest BCUT2D eigenvalue weighted by Gasteiger charge is 2.58. The van der Waals surface area contributed by atoms with Crippen LogP contribution in [-0.2, 0) is 31.1 Å². The zero-order valence-electron chi connectivity index (χ0n) is 39.9. The van der Waals surface area contributed by atoms with Gasteiger partial charge in [-0.15, -0.1) is 0 Å². The highest BCUT2D eigenvalue weighted by molar-refractivity contribution is 6.10. The van der Waals surface area contributed by atoms with Gasteiger partial charge in [0.15, 0.2) is 0 Å². The predicted octanol–water partition coefficient (Wildman–Crippen LogP) is 8.32. The van der Waals surface area contributed by atoms with E-state index in [4.69, 9.17) is 9.97 Å². The number of likely N-dealkylation sites (tertiary alicyclic amines) is 1. The minimum absolute atomic E-state index is 0.0110. The molecule has 2 aliphatic carbocycles. The normalized spacial score (nSPS) is 18.8. The summed E-state index contributed by atoms with van der Waals surface area (Å²) in [6, 6.07) is 12.7. The number of imide groups is 1. The first-order chi connectivity index (χ1) is 31.4. The van der Waals surface area contributed by atoms with Crippen LogP contribution in [0.1, 0.15) is 146 Å². The van der Waals surface area contributed by atoms with Crippen LogP contribution < -0.4 is 20.9 Å². The largest absolute Gasteiger partial charge is 0.370 e. The number of piperidine rings is 2. The van der Waals surface area contributed by atoms with E-state index in [0.29, 0.717) is 48.6 Å². The van der Waals surface area contributed by atoms with E-state index in [1.165, 1.54) is 42.5 Å². The van der Waals surface area contributed by atoms with E-state index in [0.717, 1.165) is 75.1 Å². The van der Waals surface area contributed by atoms with Gasteiger partial charge < -0.3 is 29.8 Å². The molecule has 6 aliphatic rings. The molecule has 10 rings (SSSR count). The van der Waals surface area contributed by atoms with Crippen LogP contribution in [0.2, 0.25) is 0 Å². The lowest BCUT2D eigenvalue weighted by Crippen LogP contribution is -2.60. The number of pyridine rings is 1. The first kappa shape index (κ1) is 48.7. The van der Waals surface area contributed by atoms with Crippen molar-refractivity contribution >= 4 is 63.6 Å². The summed E-state index contributed by atoms with van der Waals surface area (Å²) < 4.78 is 2.13. The van der Waals surface area contributed by atoms with Crippen LogP contribution in [0.5, 0.6) is 0 Å². The number of hydrogen-bond donors (Lipinski definition) is 3. The maximum Gasteiger partial charge on any atom is 0.270 e. The number of benzene rings is 1. The lowest BCUT2D eigenvalue weighted by atomic mass is 9.71. The number of amides is 4. The topological polar surface area (TPSA) is 175 Å². The first-order valence-corrected chi connectivity index (χ1v) is 23.9. The van der Waals surface area contributed by atoms with Crippen molar-refractivity contribution < 1.29 is 24.0 Å². The van der Waals surface area contributed by atoms with Gasteiger partial charge in [0, 0.05) is 99.2 Å². The van der Waals surface area contributed by atoms with E-state index in [2.05, 4.69) is 59.6 Å². The van der Waals surface area contributed by atoms with Crippen LogP contribution in [-0.4, -0.2) is 99.0 Å². The Bertz CT molecular complexity index is 2300. The van der Waals surface area contributed by atoms with Gasteiger partial charge >= 0.3 is 0 Å². The summed E-state index contributed by atoms with van der Waals surface area (Å²) in [4.78, 5) is 77.0. The van der Waals surface area contributed by atoms with Crippen LogP contribution in [0.4, 0.5) is 23.1 Å². The van der Waals surface area contributed by atoms with Crippen molar-refractivity contribution in [1.29, 1.82) is 0 Å². The third-order valence-electron chi connectivity index (χ3n) is 13.2. The van der Waals surface area contributed by atoms with E-state index in [9.17, 15) is 24.0 Å². The highest BCUT2D eigenvalue weighted by Crippen LogP contribution is 2.59. The zero-order valence-corrected chi connectivity index (χ0v) is 39.9. The van der Waals surface area contributed by atoms with Gasteiger partial charge in [0.1, 0.15) is 22.9 Å². The second-order valence-corrected chi connectivity index (χ2v) is 17.9. The fraction of sp³-hybridized carbons (Fsp3) is 0.560. The molecule has 3 N–H and O–H groups in total. The smallest absolute Gasteiger partial charge is 0.270 e. The van der Waals surface area contributed by atoms with E-state index < -0.39 is 0 Å². The summed E-state index contributed by atoms with van der Waals surface area (Å²) in [5, 5.41) is 9.51. The number of ketones is 1. The fourth-order valence-electron chi connectivity index (χ4n) is 9.45. The number of fused-ring (bicyclic) bond motifs is 3. The molecule has 1 aromatic carbocycles. The number of rotatable bonds is 8. The first-order valence-electron chi connectivity index (χ1n) is 23.9. The molecule has 350 valence electrons. The van der Waals surface area contributed by atoms with Gasteiger partial charge in [0.25, 0.3) is 5.91 Å². The Hall–Kier alpha value is -5.70. The Labute approximate surface area is 384 Å². The number of carbonyl (C=O) groups excluding carboxylic acids is 5. The van der Waals surface area contributed by atoms with Gasteiger partial charge in [-0.25, -0.2) is 9.97 Å². The molecule has 4 aromatic rings. The Kier molecular flexibility index (Phi) is 16.1. The lowest BCUT2D eigenvalue weighted by Gasteiger charge is -2.55. The number of aromatic nitrogens is 4. The second-order valence-electron chi connectivity index (χ2n) is 17.9. The van der Waals surface area contributed by atoms with Crippen LogP contribution in [0.3, 0.4) is 0 Å². The third kappa shape index (κ3) is 11.1. The molecule has 2 saturated carbocycles. The Morgan fingerprint density at radius 3 is 2.08 bits per heavy atom. The van der Waals surface area contributed by atoms with Crippen LogP contribution in [0.15, 0.2) is 48.8 Å². The molecule has 65 heavy (non-hydrogen) atoms. The van der Waals surface area contributed by atoms with Gasteiger partial charge in [-0.05, 0) is 94.8 Å². The minimum atomic E-state index is -0.254. The number of nitrogens with zero attached hydrogens (tertiary/aromatic N) is 7. The van der Waals surface area contributed by atoms with Crippen molar-refractivity contribution in [2.75, 3.05) is 55.8 Å². The molecule has 15 heteroatoms. The Morgan fingerprint density at radius 2 is 1.52 bits per heavy atom. The van der Waals surface area contributed by atoms with Crippen molar-refractivity contribution in [2.45, 2.75) is 137 Å². The Morgan fingerprint density at radius 1 is 0.862 bits per heavy atom. The van der Waals surface area contributed by atoms with Gasteiger partial charge in [0.2, 0.25) is 23.7 Å². The fourth-order valence-corrected chi connectivity index (χ4v) is 9.45. The summed E-state index contributed by atoms with van der Waals surface area (Å²) >= 11 is 0. The molecule has 2 spiro atoms. The summed E-state index contributed by atoms with van der Waals surface area (Å²) in [5.41, 5.74) is 6.33.